The summed E-state index contributed by atoms with van der Waals surface area (Å²) in [5.41, 5.74) is -0.566. The SMILES string of the molecule is CC(C)CC(C)(O)CNC(=O)c1ncccc1Br. The van der Waals surface area contributed by atoms with Crippen molar-refractivity contribution < 1.29 is 9.90 Å². The Labute approximate surface area is 116 Å². The highest BCUT2D eigenvalue weighted by Crippen LogP contribution is 2.16. The first-order valence-electron chi connectivity index (χ1n) is 5.93. The third-order valence-electron chi connectivity index (χ3n) is 2.45. The first-order valence-corrected chi connectivity index (χ1v) is 6.72. The molecule has 1 heterocycles. The van der Waals surface area contributed by atoms with Gasteiger partial charge in [-0.25, -0.2) is 4.98 Å². The zero-order valence-corrected chi connectivity index (χ0v) is 12.5. The van der Waals surface area contributed by atoms with Gasteiger partial charge in [0, 0.05) is 17.2 Å². The topological polar surface area (TPSA) is 62.2 Å². The molecular weight excluding hydrogens is 296 g/mol. The van der Waals surface area contributed by atoms with Gasteiger partial charge in [0.05, 0.1) is 5.60 Å². The number of rotatable bonds is 5. The number of carbonyl (C=O) groups is 1. The third kappa shape index (κ3) is 4.74. The summed E-state index contributed by atoms with van der Waals surface area (Å²) in [6, 6.07) is 3.50. The molecule has 1 aromatic rings. The van der Waals surface area contributed by atoms with Crippen molar-refractivity contribution in [2.45, 2.75) is 32.8 Å². The van der Waals surface area contributed by atoms with Gasteiger partial charge in [0.1, 0.15) is 5.69 Å². The molecule has 0 aliphatic heterocycles. The van der Waals surface area contributed by atoms with Crippen molar-refractivity contribution in [3.05, 3.63) is 28.5 Å². The molecule has 0 saturated carbocycles. The molecule has 5 heteroatoms. The van der Waals surface area contributed by atoms with E-state index in [1.54, 1.807) is 25.3 Å². The van der Waals surface area contributed by atoms with Gasteiger partial charge >= 0.3 is 0 Å². The van der Waals surface area contributed by atoms with E-state index >= 15 is 0 Å². The van der Waals surface area contributed by atoms with E-state index in [0.29, 0.717) is 22.5 Å². The van der Waals surface area contributed by atoms with Gasteiger partial charge in [0.2, 0.25) is 0 Å². The number of amides is 1. The van der Waals surface area contributed by atoms with E-state index in [-0.39, 0.29) is 12.5 Å². The Morgan fingerprint density at radius 1 is 1.61 bits per heavy atom. The highest BCUT2D eigenvalue weighted by Gasteiger charge is 2.23. The minimum atomic E-state index is -0.898. The molecule has 0 spiro atoms. The summed E-state index contributed by atoms with van der Waals surface area (Å²) in [7, 11) is 0. The Balaban J connectivity index is 2.59. The Bertz CT molecular complexity index is 419. The second-order valence-corrected chi connectivity index (χ2v) is 5.97. The number of pyridine rings is 1. The summed E-state index contributed by atoms with van der Waals surface area (Å²) in [6.07, 6.45) is 2.20. The fourth-order valence-electron chi connectivity index (χ4n) is 1.86. The molecule has 0 aliphatic carbocycles. The molecule has 0 radical (unpaired) electrons. The number of halogens is 1. The number of hydrogen-bond donors (Lipinski definition) is 2. The predicted molar refractivity (Wildman–Crippen MR) is 74.3 cm³/mol. The largest absolute Gasteiger partial charge is 0.388 e. The quantitative estimate of drug-likeness (QED) is 0.877. The van der Waals surface area contributed by atoms with Crippen molar-refractivity contribution in [2.24, 2.45) is 5.92 Å². The fraction of sp³-hybridized carbons (Fsp3) is 0.538. The second-order valence-electron chi connectivity index (χ2n) is 5.11. The highest BCUT2D eigenvalue weighted by molar-refractivity contribution is 9.10. The molecule has 0 aliphatic rings. The minimum absolute atomic E-state index is 0.215. The Hall–Kier alpha value is -0.940. The lowest BCUT2D eigenvalue weighted by molar-refractivity contribution is 0.0367. The van der Waals surface area contributed by atoms with E-state index in [1.165, 1.54) is 0 Å². The fourth-order valence-corrected chi connectivity index (χ4v) is 2.29. The molecule has 1 rings (SSSR count). The number of nitrogens with one attached hydrogen (secondary N) is 1. The van der Waals surface area contributed by atoms with E-state index in [2.05, 4.69) is 26.2 Å². The molecule has 0 saturated heterocycles. The first kappa shape index (κ1) is 15.1. The van der Waals surface area contributed by atoms with Crippen molar-refractivity contribution in [1.82, 2.24) is 10.3 Å². The van der Waals surface area contributed by atoms with Crippen LogP contribution in [0.15, 0.2) is 22.8 Å². The molecule has 100 valence electrons. The van der Waals surface area contributed by atoms with Crippen LogP contribution in [0.2, 0.25) is 0 Å². The van der Waals surface area contributed by atoms with Crippen molar-refractivity contribution in [1.29, 1.82) is 0 Å². The van der Waals surface area contributed by atoms with Gasteiger partial charge in [-0.2, -0.15) is 0 Å². The standard InChI is InChI=1S/C13H19BrN2O2/c1-9(2)7-13(3,18)8-16-12(17)11-10(14)5-4-6-15-11/h4-6,9,18H,7-8H2,1-3H3,(H,16,17). The molecule has 2 N–H and O–H groups in total. The molecule has 0 bridgehead atoms. The average molecular weight is 315 g/mol. The normalized spacial score (nSPS) is 14.3. The minimum Gasteiger partial charge on any atom is -0.388 e. The second kappa shape index (κ2) is 6.29. The molecular formula is C13H19BrN2O2. The zero-order chi connectivity index (χ0) is 13.8. The Morgan fingerprint density at radius 2 is 2.28 bits per heavy atom. The summed E-state index contributed by atoms with van der Waals surface area (Å²) in [5, 5.41) is 12.8. The van der Waals surface area contributed by atoms with Gasteiger partial charge in [-0.1, -0.05) is 13.8 Å². The monoisotopic (exact) mass is 314 g/mol. The van der Waals surface area contributed by atoms with E-state index in [9.17, 15) is 9.90 Å². The van der Waals surface area contributed by atoms with E-state index in [4.69, 9.17) is 0 Å². The molecule has 1 unspecified atom stereocenters. The summed E-state index contributed by atoms with van der Waals surface area (Å²) in [4.78, 5) is 15.9. The molecule has 1 atom stereocenters. The molecule has 4 nitrogen and oxygen atoms in total. The van der Waals surface area contributed by atoms with Crippen LogP contribution >= 0.6 is 15.9 Å². The van der Waals surface area contributed by atoms with Crippen LogP contribution in [0, 0.1) is 5.92 Å². The van der Waals surface area contributed by atoms with Crippen LogP contribution in [0.1, 0.15) is 37.7 Å². The van der Waals surface area contributed by atoms with Crippen molar-refractivity contribution in [2.75, 3.05) is 6.54 Å². The van der Waals surface area contributed by atoms with Gasteiger partial charge in [-0.3, -0.25) is 4.79 Å². The van der Waals surface area contributed by atoms with Gasteiger partial charge in [0.25, 0.3) is 5.91 Å². The van der Waals surface area contributed by atoms with Gasteiger partial charge < -0.3 is 10.4 Å². The van der Waals surface area contributed by atoms with Gasteiger partial charge in [-0.15, -0.1) is 0 Å². The Kier molecular flexibility index (Phi) is 5.28. The summed E-state index contributed by atoms with van der Waals surface area (Å²) in [6.45, 7) is 6.00. The number of hydrogen-bond acceptors (Lipinski definition) is 3. The van der Waals surface area contributed by atoms with Crippen molar-refractivity contribution >= 4 is 21.8 Å². The van der Waals surface area contributed by atoms with Crippen LogP contribution in [0.25, 0.3) is 0 Å². The Morgan fingerprint density at radius 3 is 2.83 bits per heavy atom. The van der Waals surface area contributed by atoms with E-state index in [1.807, 2.05) is 13.8 Å². The van der Waals surface area contributed by atoms with Crippen LogP contribution in [0.5, 0.6) is 0 Å². The summed E-state index contributed by atoms with van der Waals surface area (Å²) >= 11 is 3.27. The lowest BCUT2D eigenvalue weighted by Gasteiger charge is -2.25. The predicted octanol–water partition coefficient (Wildman–Crippen LogP) is 2.37. The number of carbonyl (C=O) groups excluding carboxylic acids is 1. The van der Waals surface area contributed by atoms with Crippen molar-refractivity contribution in [3.8, 4) is 0 Å². The highest BCUT2D eigenvalue weighted by atomic mass is 79.9. The molecule has 1 aromatic heterocycles. The number of aliphatic hydroxyl groups is 1. The number of aromatic nitrogens is 1. The summed E-state index contributed by atoms with van der Waals surface area (Å²) < 4.78 is 0.644. The first-order chi connectivity index (χ1) is 8.32. The van der Waals surface area contributed by atoms with Crippen LogP contribution < -0.4 is 5.32 Å². The van der Waals surface area contributed by atoms with Crippen LogP contribution in [-0.2, 0) is 0 Å². The number of nitrogens with zero attached hydrogens (tertiary/aromatic N) is 1. The average Bonchev–Trinajstić information content (AvgIpc) is 2.25. The van der Waals surface area contributed by atoms with Gasteiger partial charge in [0.15, 0.2) is 0 Å². The zero-order valence-electron chi connectivity index (χ0n) is 10.9. The molecule has 18 heavy (non-hydrogen) atoms. The smallest absolute Gasteiger partial charge is 0.271 e. The summed E-state index contributed by atoms with van der Waals surface area (Å²) in [5.74, 6) is 0.0880. The van der Waals surface area contributed by atoms with Crippen LogP contribution in [0.4, 0.5) is 0 Å². The third-order valence-corrected chi connectivity index (χ3v) is 3.09. The lowest BCUT2D eigenvalue weighted by atomic mass is 9.94. The van der Waals surface area contributed by atoms with E-state index < -0.39 is 5.60 Å². The van der Waals surface area contributed by atoms with Crippen LogP contribution in [-0.4, -0.2) is 28.1 Å². The van der Waals surface area contributed by atoms with Crippen LogP contribution in [0.3, 0.4) is 0 Å². The maximum Gasteiger partial charge on any atom is 0.271 e. The lowest BCUT2D eigenvalue weighted by Crippen LogP contribution is -2.41. The maximum absolute atomic E-state index is 11.9. The maximum atomic E-state index is 11.9. The van der Waals surface area contributed by atoms with E-state index in [0.717, 1.165) is 0 Å². The van der Waals surface area contributed by atoms with Gasteiger partial charge in [-0.05, 0) is 47.3 Å². The molecule has 0 fully saturated rings. The molecule has 0 aromatic carbocycles. The van der Waals surface area contributed by atoms with Crippen molar-refractivity contribution in [3.63, 3.8) is 0 Å². The molecule has 1 amide bonds.